The maximum atomic E-state index is 4.47. The van der Waals surface area contributed by atoms with Gasteiger partial charge in [-0.15, -0.1) is 0 Å². The summed E-state index contributed by atoms with van der Waals surface area (Å²) >= 11 is 0. The van der Waals surface area contributed by atoms with E-state index in [1.807, 2.05) is 0 Å². The Hall–Kier alpha value is -1.83. The Bertz CT molecular complexity index is 520. The lowest BCUT2D eigenvalue weighted by Gasteiger charge is -2.25. The molecule has 0 N–H and O–H groups in total. The van der Waals surface area contributed by atoms with Crippen molar-refractivity contribution in [3.05, 3.63) is 53.7 Å². The summed E-state index contributed by atoms with van der Waals surface area (Å²) < 4.78 is 0. The van der Waals surface area contributed by atoms with Crippen LogP contribution in [0.1, 0.15) is 18.1 Å². The number of aliphatic imine (C=N–C) groups is 1. The molecule has 0 aliphatic carbocycles. The summed E-state index contributed by atoms with van der Waals surface area (Å²) in [7, 11) is 0. The SMILES string of the molecule is CC1=NCC2C=CC(c3ccc(C)cc3)=CN12. The third kappa shape index (κ3) is 1.80. The lowest BCUT2D eigenvalue weighted by Crippen LogP contribution is -2.30. The van der Waals surface area contributed by atoms with E-state index < -0.39 is 0 Å². The maximum Gasteiger partial charge on any atom is 0.100 e. The minimum atomic E-state index is 0.434. The number of hydrogen-bond acceptors (Lipinski definition) is 2. The fraction of sp³-hybridized carbons (Fsp3) is 0.267. The van der Waals surface area contributed by atoms with Gasteiger partial charge in [-0.3, -0.25) is 4.99 Å². The van der Waals surface area contributed by atoms with Gasteiger partial charge in [-0.05, 0) is 25.0 Å². The van der Waals surface area contributed by atoms with Crippen LogP contribution in [0.15, 0.2) is 47.6 Å². The highest BCUT2D eigenvalue weighted by Crippen LogP contribution is 2.25. The molecule has 0 radical (unpaired) electrons. The molecule has 0 bridgehead atoms. The van der Waals surface area contributed by atoms with E-state index >= 15 is 0 Å². The molecule has 2 aliphatic heterocycles. The smallest absolute Gasteiger partial charge is 0.100 e. The monoisotopic (exact) mass is 224 g/mol. The van der Waals surface area contributed by atoms with E-state index in [1.165, 1.54) is 16.7 Å². The molecule has 3 rings (SSSR count). The first-order chi connectivity index (χ1) is 8.24. The predicted octanol–water partition coefficient (Wildman–Crippen LogP) is 3.01. The lowest BCUT2D eigenvalue weighted by atomic mass is 10.0. The maximum absolute atomic E-state index is 4.47. The first-order valence-corrected chi connectivity index (χ1v) is 6.00. The zero-order valence-corrected chi connectivity index (χ0v) is 10.2. The van der Waals surface area contributed by atoms with Gasteiger partial charge in [0.15, 0.2) is 0 Å². The Labute approximate surface area is 102 Å². The summed E-state index contributed by atoms with van der Waals surface area (Å²) in [5, 5.41) is 0. The van der Waals surface area contributed by atoms with E-state index in [2.05, 4.69) is 66.4 Å². The summed E-state index contributed by atoms with van der Waals surface area (Å²) in [6.45, 7) is 5.07. The first kappa shape index (κ1) is 10.3. The number of allylic oxidation sites excluding steroid dienone is 2. The summed E-state index contributed by atoms with van der Waals surface area (Å²) in [5.74, 6) is 1.11. The van der Waals surface area contributed by atoms with Gasteiger partial charge in [0.05, 0.1) is 12.6 Å². The molecule has 86 valence electrons. The van der Waals surface area contributed by atoms with Gasteiger partial charge < -0.3 is 4.90 Å². The summed E-state index contributed by atoms with van der Waals surface area (Å²) in [6, 6.07) is 9.09. The molecule has 1 aromatic rings. The number of amidine groups is 1. The van der Waals surface area contributed by atoms with Gasteiger partial charge in [-0.1, -0.05) is 42.0 Å². The van der Waals surface area contributed by atoms with Gasteiger partial charge in [0, 0.05) is 6.20 Å². The first-order valence-electron chi connectivity index (χ1n) is 6.00. The van der Waals surface area contributed by atoms with Gasteiger partial charge in [-0.25, -0.2) is 0 Å². The van der Waals surface area contributed by atoms with Gasteiger partial charge in [0.2, 0.25) is 0 Å². The van der Waals surface area contributed by atoms with Crippen molar-refractivity contribution in [1.29, 1.82) is 0 Å². The molecule has 2 nitrogen and oxygen atoms in total. The molecule has 17 heavy (non-hydrogen) atoms. The Balaban J connectivity index is 1.94. The average molecular weight is 224 g/mol. The van der Waals surface area contributed by atoms with Crippen LogP contribution >= 0.6 is 0 Å². The molecular weight excluding hydrogens is 208 g/mol. The molecule has 0 saturated carbocycles. The third-order valence-electron chi connectivity index (χ3n) is 3.40. The van der Waals surface area contributed by atoms with Crippen LogP contribution in [-0.4, -0.2) is 23.3 Å². The van der Waals surface area contributed by atoms with Gasteiger partial charge >= 0.3 is 0 Å². The van der Waals surface area contributed by atoms with E-state index in [0.717, 1.165) is 12.4 Å². The normalized spacial score (nSPS) is 22.2. The number of hydrogen-bond donors (Lipinski definition) is 0. The quantitative estimate of drug-likeness (QED) is 0.716. The standard InChI is InChI=1S/C15H16N2/c1-11-3-5-13(6-4-11)14-7-8-15-9-16-12(2)17(15)10-14/h3-8,10,15H,9H2,1-2H3. The van der Waals surface area contributed by atoms with Crippen LogP contribution in [0, 0.1) is 6.92 Å². The second-order valence-electron chi connectivity index (χ2n) is 4.67. The molecule has 0 aromatic heterocycles. The molecule has 0 amide bonds. The van der Waals surface area contributed by atoms with Crippen molar-refractivity contribution < 1.29 is 0 Å². The highest BCUT2D eigenvalue weighted by atomic mass is 15.3. The number of rotatable bonds is 1. The van der Waals surface area contributed by atoms with E-state index in [4.69, 9.17) is 0 Å². The van der Waals surface area contributed by atoms with Crippen LogP contribution in [0.4, 0.5) is 0 Å². The van der Waals surface area contributed by atoms with Crippen molar-refractivity contribution in [1.82, 2.24) is 4.90 Å². The Morgan fingerprint density at radius 3 is 2.71 bits per heavy atom. The molecule has 1 aromatic carbocycles. The summed E-state index contributed by atoms with van der Waals surface area (Å²) in [4.78, 5) is 6.73. The van der Waals surface area contributed by atoms with Gasteiger partial charge in [0.1, 0.15) is 5.84 Å². The molecule has 2 heterocycles. The fourth-order valence-corrected chi connectivity index (χ4v) is 2.30. The molecule has 1 atom stereocenters. The number of aryl methyl sites for hydroxylation is 1. The zero-order chi connectivity index (χ0) is 11.8. The van der Waals surface area contributed by atoms with E-state index in [1.54, 1.807) is 0 Å². The highest BCUT2D eigenvalue weighted by Gasteiger charge is 2.24. The predicted molar refractivity (Wildman–Crippen MR) is 71.9 cm³/mol. The number of benzene rings is 1. The van der Waals surface area contributed by atoms with Crippen molar-refractivity contribution in [3.8, 4) is 0 Å². The number of fused-ring (bicyclic) bond motifs is 1. The molecule has 2 aliphatic rings. The highest BCUT2D eigenvalue weighted by molar-refractivity contribution is 5.87. The Kier molecular flexibility index (Phi) is 2.36. The average Bonchev–Trinajstić information content (AvgIpc) is 2.72. The second-order valence-corrected chi connectivity index (χ2v) is 4.67. The van der Waals surface area contributed by atoms with Crippen molar-refractivity contribution in [2.45, 2.75) is 19.9 Å². The fourth-order valence-electron chi connectivity index (χ4n) is 2.30. The molecular formula is C15H16N2. The zero-order valence-electron chi connectivity index (χ0n) is 10.2. The molecule has 0 spiro atoms. The third-order valence-corrected chi connectivity index (χ3v) is 3.40. The van der Waals surface area contributed by atoms with Gasteiger partial charge in [0.25, 0.3) is 0 Å². The molecule has 0 saturated heterocycles. The van der Waals surface area contributed by atoms with Crippen LogP contribution in [-0.2, 0) is 0 Å². The largest absolute Gasteiger partial charge is 0.328 e. The molecule has 1 unspecified atom stereocenters. The van der Waals surface area contributed by atoms with E-state index in [9.17, 15) is 0 Å². The van der Waals surface area contributed by atoms with Crippen LogP contribution in [0.5, 0.6) is 0 Å². The van der Waals surface area contributed by atoms with Crippen LogP contribution in [0.3, 0.4) is 0 Å². The minimum absolute atomic E-state index is 0.434. The summed E-state index contributed by atoms with van der Waals surface area (Å²) in [5.41, 5.74) is 3.83. The van der Waals surface area contributed by atoms with E-state index in [-0.39, 0.29) is 0 Å². The molecule has 2 heteroatoms. The Morgan fingerprint density at radius 1 is 1.18 bits per heavy atom. The topological polar surface area (TPSA) is 15.6 Å². The van der Waals surface area contributed by atoms with Crippen LogP contribution in [0.25, 0.3) is 5.57 Å². The van der Waals surface area contributed by atoms with Crippen LogP contribution in [0.2, 0.25) is 0 Å². The van der Waals surface area contributed by atoms with Crippen molar-refractivity contribution in [3.63, 3.8) is 0 Å². The van der Waals surface area contributed by atoms with Crippen molar-refractivity contribution in [2.24, 2.45) is 4.99 Å². The second kappa shape index (κ2) is 3.88. The van der Waals surface area contributed by atoms with Crippen molar-refractivity contribution in [2.75, 3.05) is 6.54 Å². The minimum Gasteiger partial charge on any atom is -0.328 e. The van der Waals surface area contributed by atoms with E-state index in [0.29, 0.717) is 6.04 Å². The van der Waals surface area contributed by atoms with Gasteiger partial charge in [-0.2, -0.15) is 0 Å². The molecule has 0 fully saturated rings. The number of nitrogens with zero attached hydrogens (tertiary/aromatic N) is 2. The van der Waals surface area contributed by atoms with Crippen LogP contribution < -0.4 is 0 Å². The summed E-state index contributed by atoms with van der Waals surface area (Å²) in [6.07, 6.45) is 6.66. The lowest BCUT2D eigenvalue weighted by molar-refractivity contribution is 0.509. The Morgan fingerprint density at radius 2 is 1.94 bits per heavy atom. The van der Waals surface area contributed by atoms with Crippen molar-refractivity contribution >= 4 is 11.4 Å².